The minimum atomic E-state index is -4.54. The van der Waals surface area contributed by atoms with Gasteiger partial charge in [-0.05, 0) is 11.6 Å². The first-order valence-electron chi connectivity index (χ1n) is 6.12. The summed E-state index contributed by atoms with van der Waals surface area (Å²) in [7, 11) is 0.996. The number of anilines is 1. The van der Waals surface area contributed by atoms with Crippen LogP contribution >= 0.6 is 0 Å². The van der Waals surface area contributed by atoms with Crippen molar-refractivity contribution >= 4 is 17.7 Å². The van der Waals surface area contributed by atoms with Gasteiger partial charge >= 0.3 is 18.2 Å². The van der Waals surface area contributed by atoms with Crippen LogP contribution < -0.4 is 4.90 Å². The molecule has 1 aromatic rings. The molecule has 1 heterocycles. The number of para-hydroxylation sites is 1. The Balaban J connectivity index is 2.30. The lowest BCUT2D eigenvalue weighted by Gasteiger charge is -2.28. The quantitative estimate of drug-likeness (QED) is 0.910. The number of carbonyl (C=O) groups excluding carboxylic acids is 1. The van der Waals surface area contributed by atoms with Gasteiger partial charge in [-0.1, -0.05) is 18.2 Å². The lowest BCUT2D eigenvalue weighted by molar-refractivity contribution is -0.138. The maximum atomic E-state index is 12.4. The van der Waals surface area contributed by atoms with Gasteiger partial charge in [0.25, 0.3) is 0 Å². The third kappa shape index (κ3) is 3.09. The Morgan fingerprint density at radius 1 is 1.38 bits per heavy atom. The van der Waals surface area contributed by atoms with Crippen LogP contribution in [-0.2, 0) is 11.2 Å². The van der Waals surface area contributed by atoms with Gasteiger partial charge in [-0.2, -0.15) is 13.2 Å². The van der Waals surface area contributed by atoms with Crippen molar-refractivity contribution in [3.05, 3.63) is 29.8 Å². The summed E-state index contributed by atoms with van der Waals surface area (Å²) < 4.78 is 37.1. The topological polar surface area (TPSA) is 60.9 Å². The van der Waals surface area contributed by atoms with E-state index in [0.717, 1.165) is 11.9 Å². The molecule has 1 aromatic carbocycles. The summed E-state index contributed by atoms with van der Waals surface area (Å²) in [5, 5.41) is 9.18. The van der Waals surface area contributed by atoms with Crippen molar-refractivity contribution in [3.8, 4) is 0 Å². The number of fused-ring (bicyclic) bond motifs is 1. The second kappa shape index (κ2) is 5.27. The number of rotatable bonds is 2. The molecule has 1 aliphatic rings. The van der Waals surface area contributed by atoms with E-state index < -0.39 is 30.8 Å². The predicted molar refractivity (Wildman–Crippen MR) is 68.1 cm³/mol. The summed E-state index contributed by atoms with van der Waals surface area (Å²) in [6, 6.07) is 4.30. The van der Waals surface area contributed by atoms with E-state index in [4.69, 9.17) is 0 Å². The van der Waals surface area contributed by atoms with Crippen molar-refractivity contribution in [1.82, 2.24) is 4.90 Å². The highest BCUT2D eigenvalue weighted by atomic mass is 19.4. The molecule has 0 radical (unpaired) electrons. The normalized spacial score (nSPS) is 17.5. The fraction of sp³-hybridized carbons (Fsp3) is 0.385. The van der Waals surface area contributed by atoms with Crippen LogP contribution in [0.5, 0.6) is 0 Å². The van der Waals surface area contributed by atoms with Crippen LogP contribution in [0.3, 0.4) is 0 Å². The standard InChI is InChI=1S/C13H13F3N2O3/c1-17(7-13(14,15)16)12(21)18-9-5-3-2-4-8(9)6-10(18)11(19)20/h2-5,10H,6-7H2,1H3,(H,19,20). The number of hydrogen-bond donors (Lipinski definition) is 1. The number of carboxylic acids is 1. The zero-order valence-corrected chi connectivity index (χ0v) is 11.1. The number of aliphatic carboxylic acids is 1. The number of amides is 2. The monoisotopic (exact) mass is 302 g/mol. The fourth-order valence-electron chi connectivity index (χ4n) is 2.34. The molecule has 0 fully saturated rings. The zero-order valence-electron chi connectivity index (χ0n) is 11.1. The summed E-state index contributed by atoms with van der Waals surface area (Å²) in [5.74, 6) is -1.25. The van der Waals surface area contributed by atoms with Crippen molar-refractivity contribution in [3.63, 3.8) is 0 Å². The molecule has 2 amide bonds. The van der Waals surface area contributed by atoms with Crippen molar-refractivity contribution in [2.45, 2.75) is 18.6 Å². The highest BCUT2D eigenvalue weighted by Crippen LogP contribution is 2.33. The zero-order chi connectivity index (χ0) is 15.8. The third-order valence-corrected chi connectivity index (χ3v) is 3.21. The van der Waals surface area contributed by atoms with E-state index >= 15 is 0 Å². The molecule has 1 N–H and O–H groups in total. The van der Waals surface area contributed by atoms with E-state index in [1.165, 1.54) is 6.07 Å². The molecular weight excluding hydrogens is 289 g/mol. The first-order valence-corrected chi connectivity index (χ1v) is 6.12. The molecule has 114 valence electrons. The van der Waals surface area contributed by atoms with E-state index in [-0.39, 0.29) is 6.42 Å². The number of carbonyl (C=O) groups is 2. The van der Waals surface area contributed by atoms with Gasteiger partial charge in [0, 0.05) is 19.2 Å². The first kappa shape index (κ1) is 15.1. The predicted octanol–water partition coefficient (Wildman–Crippen LogP) is 2.12. The fourth-order valence-corrected chi connectivity index (χ4v) is 2.34. The van der Waals surface area contributed by atoms with Gasteiger partial charge in [-0.3, -0.25) is 4.90 Å². The van der Waals surface area contributed by atoms with E-state index in [9.17, 15) is 27.9 Å². The molecule has 2 rings (SSSR count). The highest BCUT2D eigenvalue weighted by Gasteiger charge is 2.41. The van der Waals surface area contributed by atoms with Gasteiger partial charge < -0.3 is 10.0 Å². The lowest BCUT2D eigenvalue weighted by atomic mass is 10.1. The maximum Gasteiger partial charge on any atom is 0.406 e. The number of nitrogens with zero attached hydrogens (tertiary/aromatic N) is 2. The molecule has 1 unspecified atom stereocenters. The Kier molecular flexibility index (Phi) is 3.80. The third-order valence-electron chi connectivity index (χ3n) is 3.21. The number of hydrogen-bond acceptors (Lipinski definition) is 2. The lowest BCUT2D eigenvalue weighted by Crippen LogP contribution is -2.50. The molecule has 8 heteroatoms. The van der Waals surface area contributed by atoms with Crippen molar-refractivity contribution in [2.75, 3.05) is 18.5 Å². The number of benzene rings is 1. The van der Waals surface area contributed by atoms with Gasteiger partial charge in [-0.25, -0.2) is 9.59 Å². The van der Waals surface area contributed by atoms with Gasteiger partial charge in [-0.15, -0.1) is 0 Å². The Morgan fingerprint density at radius 3 is 2.57 bits per heavy atom. The summed E-state index contributed by atoms with van der Waals surface area (Å²) in [6.45, 7) is -1.43. The average Bonchev–Trinajstić information content (AvgIpc) is 2.75. The van der Waals surface area contributed by atoms with Crippen LogP contribution in [0.4, 0.5) is 23.7 Å². The second-order valence-electron chi connectivity index (χ2n) is 4.81. The molecular formula is C13H13F3N2O3. The molecule has 0 saturated carbocycles. The van der Waals surface area contributed by atoms with Gasteiger partial charge in [0.05, 0.1) is 0 Å². The van der Waals surface area contributed by atoms with Crippen molar-refractivity contribution in [2.24, 2.45) is 0 Å². The van der Waals surface area contributed by atoms with Crippen LogP contribution in [-0.4, -0.2) is 47.8 Å². The minimum Gasteiger partial charge on any atom is -0.480 e. The number of urea groups is 1. The van der Waals surface area contributed by atoms with Gasteiger partial charge in [0.2, 0.25) is 0 Å². The van der Waals surface area contributed by atoms with E-state index in [1.807, 2.05) is 0 Å². The smallest absolute Gasteiger partial charge is 0.406 e. The molecule has 1 aliphatic heterocycles. The summed E-state index contributed by atoms with van der Waals surface area (Å²) in [6.07, 6.45) is -4.46. The van der Waals surface area contributed by atoms with Crippen LogP contribution in [0.1, 0.15) is 5.56 Å². The largest absolute Gasteiger partial charge is 0.480 e. The summed E-state index contributed by atoms with van der Waals surface area (Å²) in [4.78, 5) is 24.8. The Morgan fingerprint density at radius 2 is 2.00 bits per heavy atom. The summed E-state index contributed by atoms with van der Waals surface area (Å²) in [5.41, 5.74) is 0.961. The first-order chi connectivity index (χ1) is 9.70. The Labute approximate surface area is 118 Å². The Bertz CT molecular complexity index is 574. The molecule has 1 atom stereocenters. The molecule has 0 spiro atoms. The number of halogens is 3. The molecule has 21 heavy (non-hydrogen) atoms. The Hall–Kier alpha value is -2.25. The maximum absolute atomic E-state index is 12.4. The molecule has 5 nitrogen and oxygen atoms in total. The van der Waals surface area contributed by atoms with Crippen molar-refractivity contribution in [1.29, 1.82) is 0 Å². The van der Waals surface area contributed by atoms with Gasteiger partial charge in [0.15, 0.2) is 0 Å². The molecule has 0 aromatic heterocycles. The van der Waals surface area contributed by atoms with E-state index in [1.54, 1.807) is 18.2 Å². The minimum absolute atomic E-state index is 0.0805. The second-order valence-corrected chi connectivity index (χ2v) is 4.81. The SMILES string of the molecule is CN(CC(F)(F)F)C(=O)N1c2ccccc2CC1C(=O)O. The highest BCUT2D eigenvalue weighted by molar-refractivity contribution is 6.00. The number of carboxylic acid groups (broad SMARTS) is 1. The van der Waals surface area contributed by atoms with Crippen LogP contribution in [0.25, 0.3) is 0 Å². The van der Waals surface area contributed by atoms with Crippen LogP contribution in [0.2, 0.25) is 0 Å². The summed E-state index contributed by atoms with van der Waals surface area (Å²) >= 11 is 0. The van der Waals surface area contributed by atoms with Crippen molar-refractivity contribution < 1.29 is 27.9 Å². The van der Waals surface area contributed by atoms with Gasteiger partial charge in [0.1, 0.15) is 12.6 Å². The molecule has 0 bridgehead atoms. The average molecular weight is 302 g/mol. The molecule has 0 saturated heterocycles. The van der Waals surface area contributed by atoms with Crippen LogP contribution in [0, 0.1) is 0 Å². The van der Waals surface area contributed by atoms with E-state index in [2.05, 4.69) is 0 Å². The molecule has 0 aliphatic carbocycles. The van der Waals surface area contributed by atoms with E-state index in [0.29, 0.717) is 16.2 Å². The number of alkyl halides is 3. The van der Waals surface area contributed by atoms with Crippen LogP contribution in [0.15, 0.2) is 24.3 Å².